The fourth-order valence-corrected chi connectivity index (χ4v) is 2.02. The minimum absolute atomic E-state index is 0.0148. The molecule has 0 radical (unpaired) electrons. The van der Waals surface area contributed by atoms with E-state index < -0.39 is 22.4 Å². The number of nitrogen functional groups attached to an aromatic ring is 1. The van der Waals surface area contributed by atoms with Crippen LogP contribution in [-0.4, -0.2) is 33.8 Å². The van der Waals surface area contributed by atoms with Crippen LogP contribution in [0.1, 0.15) is 13.8 Å². The Kier molecular flexibility index (Phi) is 6.25. The number of nitrogens with two attached hydrogens (primary N) is 1. The molecule has 118 valence electrons. The van der Waals surface area contributed by atoms with Crippen molar-refractivity contribution in [3.05, 3.63) is 24.3 Å². The maximum Gasteiger partial charge on any atom is 0.422 e. The van der Waals surface area contributed by atoms with Crippen molar-refractivity contribution < 1.29 is 22.7 Å². The van der Waals surface area contributed by atoms with Crippen molar-refractivity contribution in [2.75, 3.05) is 18.9 Å². The van der Waals surface area contributed by atoms with Crippen LogP contribution in [0.15, 0.2) is 24.3 Å². The molecule has 1 amide bonds. The van der Waals surface area contributed by atoms with Crippen LogP contribution in [0, 0.1) is 0 Å². The summed E-state index contributed by atoms with van der Waals surface area (Å²) >= 11 is 0. The average Bonchev–Trinajstić information content (AvgIpc) is 2.33. The summed E-state index contributed by atoms with van der Waals surface area (Å²) in [5, 5.41) is 0. The van der Waals surface area contributed by atoms with Gasteiger partial charge in [0.05, 0.1) is 6.10 Å². The standard InChI is InChI=1S/C12H19N3O5S/c1-9(2)20-12(16)15-21(17,18)14-6-7-19-11-5-3-4-10(13)8-11/h3-5,8-9,14H,6-7,13H2,1-2H3,(H,15,16). The molecule has 1 aromatic carbocycles. The van der Waals surface area contributed by atoms with Crippen LogP contribution in [-0.2, 0) is 14.9 Å². The molecule has 0 fully saturated rings. The second-order valence-electron chi connectivity index (χ2n) is 4.37. The summed E-state index contributed by atoms with van der Waals surface area (Å²) in [6, 6.07) is 6.74. The third kappa shape index (κ3) is 7.37. The van der Waals surface area contributed by atoms with Crippen molar-refractivity contribution in [3.63, 3.8) is 0 Å². The van der Waals surface area contributed by atoms with Crippen LogP contribution in [0.3, 0.4) is 0 Å². The molecule has 1 aromatic rings. The molecule has 0 unspecified atom stereocenters. The number of rotatable bonds is 7. The summed E-state index contributed by atoms with van der Waals surface area (Å²) in [5.41, 5.74) is 6.12. The largest absolute Gasteiger partial charge is 0.492 e. The maximum atomic E-state index is 11.5. The van der Waals surface area contributed by atoms with E-state index in [9.17, 15) is 13.2 Å². The molecule has 0 saturated heterocycles. The number of hydrogen-bond donors (Lipinski definition) is 3. The highest BCUT2D eigenvalue weighted by Gasteiger charge is 2.15. The lowest BCUT2D eigenvalue weighted by molar-refractivity contribution is 0.121. The van der Waals surface area contributed by atoms with Crippen molar-refractivity contribution in [3.8, 4) is 5.75 Å². The molecule has 0 saturated carbocycles. The fraction of sp³-hybridized carbons (Fsp3) is 0.417. The third-order valence-corrected chi connectivity index (χ3v) is 3.10. The number of anilines is 1. The lowest BCUT2D eigenvalue weighted by Gasteiger charge is -2.11. The predicted octanol–water partition coefficient (Wildman–Crippen LogP) is 0.617. The maximum absolute atomic E-state index is 11.5. The summed E-state index contributed by atoms with van der Waals surface area (Å²) < 4.78 is 36.8. The van der Waals surface area contributed by atoms with Crippen molar-refractivity contribution in [2.24, 2.45) is 0 Å². The molecule has 1 rings (SSSR count). The molecule has 0 aliphatic heterocycles. The van der Waals surface area contributed by atoms with Crippen LogP contribution in [0.25, 0.3) is 0 Å². The van der Waals surface area contributed by atoms with E-state index in [0.717, 1.165) is 0 Å². The van der Waals surface area contributed by atoms with Crippen molar-refractivity contribution in [1.29, 1.82) is 0 Å². The van der Waals surface area contributed by atoms with Gasteiger partial charge in [-0.2, -0.15) is 13.1 Å². The summed E-state index contributed by atoms with van der Waals surface area (Å²) in [6.45, 7) is 3.29. The number of carbonyl (C=O) groups is 1. The number of carbonyl (C=O) groups excluding carboxylic acids is 1. The molecule has 0 spiro atoms. The van der Waals surface area contributed by atoms with Gasteiger partial charge in [0.1, 0.15) is 12.4 Å². The summed E-state index contributed by atoms with van der Waals surface area (Å²) in [7, 11) is -3.97. The molecule has 0 atom stereocenters. The van der Waals surface area contributed by atoms with Crippen LogP contribution >= 0.6 is 0 Å². The van der Waals surface area contributed by atoms with Gasteiger partial charge in [0, 0.05) is 18.3 Å². The Balaban J connectivity index is 2.32. The van der Waals surface area contributed by atoms with E-state index in [2.05, 4.69) is 9.46 Å². The van der Waals surface area contributed by atoms with Gasteiger partial charge in [-0.05, 0) is 26.0 Å². The van der Waals surface area contributed by atoms with Gasteiger partial charge >= 0.3 is 16.3 Å². The monoisotopic (exact) mass is 317 g/mol. The summed E-state index contributed by atoms with van der Waals surface area (Å²) in [6.07, 6.45) is -1.44. The highest BCUT2D eigenvalue weighted by atomic mass is 32.2. The minimum Gasteiger partial charge on any atom is -0.492 e. The fourth-order valence-electron chi connectivity index (χ4n) is 1.33. The molecule has 0 aliphatic carbocycles. The Morgan fingerprint density at radius 1 is 1.38 bits per heavy atom. The smallest absolute Gasteiger partial charge is 0.422 e. The lowest BCUT2D eigenvalue weighted by atomic mass is 10.3. The first-order valence-corrected chi connectivity index (χ1v) is 7.73. The number of amides is 1. The van der Waals surface area contributed by atoms with Crippen LogP contribution < -0.4 is 19.9 Å². The average molecular weight is 317 g/mol. The van der Waals surface area contributed by atoms with Crippen LogP contribution in [0.2, 0.25) is 0 Å². The zero-order chi connectivity index (χ0) is 15.9. The molecule has 4 N–H and O–H groups in total. The van der Waals surface area contributed by atoms with Gasteiger partial charge in [0.25, 0.3) is 0 Å². The molecule has 21 heavy (non-hydrogen) atoms. The van der Waals surface area contributed by atoms with E-state index in [1.54, 1.807) is 42.8 Å². The first-order chi connectivity index (χ1) is 9.78. The third-order valence-electron chi connectivity index (χ3n) is 2.08. The quantitative estimate of drug-likeness (QED) is 0.501. The molecule has 8 nitrogen and oxygen atoms in total. The number of benzene rings is 1. The molecule has 9 heteroatoms. The van der Waals surface area contributed by atoms with Gasteiger partial charge in [-0.15, -0.1) is 0 Å². The van der Waals surface area contributed by atoms with Crippen molar-refractivity contribution in [2.45, 2.75) is 20.0 Å². The Bertz CT molecular complexity index is 574. The summed E-state index contributed by atoms with van der Waals surface area (Å²) in [4.78, 5) is 11.2. The van der Waals surface area contributed by atoms with Crippen LogP contribution in [0.4, 0.5) is 10.5 Å². The van der Waals surface area contributed by atoms with Crippen LogP contribution in [0.5, 0.6) is 5.75 Å². The predicted molar refractivity (Wildman–Crippen MR) is 78.0 cm³/mol. The molecular weight excluding hydrogens is 298 g/mol. The molecule has 0 bridgehead atoms. The first kappa shape index (κ1) is 17.1. The SMILES string of the molecule is CC(C)OC(=O)NS(=O)(=O)NCCOc1cccc(N)c1. The van der Waals surface area contributed by atoms with Gasteiger partial charge in [0.2, 0.25) is 0 Å². The summed E-state index contributed by atoms with van der Waals surface area (Å²) in [5.74, 6) is 0.529. The first-order valence-electron chi connectivity index (χ1n) is 6.25. The van der Waals surface area contributed by atoms with E-state index in [1.165, 1.54) is 0 Å². The van der Waals surface area contributed by atoms with Crippen molar-refractivity contribution >= 4 is 22.0 Å². The van der Waals surface area contributed by atoms with E-state index in [0.29, 0.717) is 11.4 Å². The van der Waals surface area contributed by atoms with E-state index in [-0.39, 0.29) is 13.2 Å². The molecule has 0 aromatic heterocycles. The zero-order valence-corrected chi connectivity index (χ0v) is 12.6. The highest BCUT2D eigenvalue weighted by Crippen LogP contribution is 2.13. The Hall–Kier alpha value is -2.00. The topological polar surface area (TPSA) is 120 Å². The zero-order valence-electron chi connectivity index (χ0n) is 11.8. The van der Waals surface area contributed by atoms with Gasteiger partial charge in [0.15, 0.2) is 0 Å². The number of hydrogen-bond acceptors (Lipinski definition) is 6. The number of ether oxygens (including phenoxy) is 2. The van der Waals surface area contributed by atoms with E-state index in [4.69, 9.17) is 10.5 Å². The van der Waals surface area contributed by atoms with Gasteiger partial charge in [-0.1, -0.05) is 6.07 Å². The van der Waals surface area contributed by atoms with Gasteiger partial charge in [-0.25, -0.2) is 9.52 Å². The minimum atomic E-state index is -3.97. The normalized spacial score (nSPS) is 11.2. The Morgan fingerprint density at radius 2 is 2.10 bits per heavy atom. The Morgan fingerprint density at radius 3 is 2.71 bits per heavy atom. The van der Waals surface area contributed by atoms with E-state index >= 15 is 0 Å². The van der Waals surface area contributed by atoms with Gasteiger partial charge < -0.3 is 15.2 Å². The second kappa shape index (κ2) is 7.70. The molecule has 0 aliphatic rings. The number of nitrogens with one attached hydrogen (secondary N) is 2. The van der Waals surface area contributed by atoms with Gasteiger partial charge in [-0.3, -0.25) is 0 Å². The lowest BCUT2D eigenvalue weighted by Crippen LogP contribution is -2.42. The van der Waals surface area contributed by atoms with Crippen molar-refractivity contribution in [1.82, 2.24) is 9.44 Å². The highest BCUT2D eigenvalue weighted by molar-refractivity contribution is 7.88. The van der Waals surface area contributed by atoms with E-state index in [1.807, 2.05) is 0 Å². The second-order valence-corrected chi connectivity index (χ2v) is 5.87. The molecular formula is C12H19N3O5S. The molecule has 0 heterocycles. The Labute approximate surface area is 123 Å².